The van der Waals surface area contributed by atoms with Gasteiger partial charge in [-0.1, -0.05) is 12.1 Å². The second-order valence-corrected chi connectivity index (χ2v) is 6.29. The third kappa shape index (κ3) is 3.44. The number of aromatic nitrogens is 4. The first-order valence-electron chi connectivity index (χ1n) is 8.64. The number of carboxylic acids is 1. The number of hydrogen-bond acceptors (Lipinski definition) is 5. The lowest BCUT2D eigenvalue weighted by Crippen LogP contribution is -2.03. The van der Waals surface area contributed by atoms with Crippen LogP contribution in [0.2, 0.25) is 0 Å². The highest BCUT2D eigenvalue weighted by Crippen LogP contribution is 2.21. The molecule has 7 heteroatoms. The van der Waals surface area contributed by atoms with Gasteiger partial charge in [0.05, 0.1) is 46.5 Å². The summed E-state index contributed by atoms with van der Waals surface area (Å²) in [5, 5.41) is 23.3. The van der Waals surface area contributed by atoms with Gasteiger partial charge in [0, 0.05) is 18.1 Å². The Bertz CT molecular complexity index is 1210. The number of carbonyl (C=O) groups is 1. The largest absolute Gasteiger partial charge is 0.478 e. The average Bonchev–Trinajstić information content (AvgIpc) is 3.15. The zero-order valence-corrected chi connectivity index (χ0v) is 14.8. The molecule has 0 unspecified atom stereocenters. The number of aromatic carboxylic acids is 1. The maximum atomic E-state index is 11.1. The molecule has 4 rings (SSSR count). The average molecular weight is 369 g/mol. The van der Waals surface area contributed by atoms with Crippen molar-refractivity contribution in [3.63, 3.8) is 0 Å². The van der Waals surface area contributed by atoms with Gasteiger partial charge >= 0.3 is 5.97 Å². The smallest absolute Gasteiger partial charge is 0.335 e. The summed E-state index contributed by atoms with van der Waals surface area (Å²) in [5.41, 5.74) is 3.94. The van der Waals surface area contributed by atoms with Crippen molar-refractivity contribution in [2.45, 2.75) is 13.0 Å². The van der Waals surface area contributed by atoms with Crippen LogP contribution in [0.4, 0.5) is 0 Å². The fraction of sp³-hybridized carbons (Fsp3) is 0.0952. The zero-order valence-electron chi connectivity index (χ0n) is 14.8. The molecule has 1 aromatic carbocycles. The standard InChI is InChI=1S/C21H15N5O2/c22-11-15-3-1-14(2-4-15)6-8-26-20-13-24-19(10-17(20)12-25-26)18-9-16(21(27)28)5-7-23-18/h1-5,7,9-10,12-13H,6,8H2,(H,27,28). The van der Waals surface area contributed by atoms with Gasteiger partial charge in [-0.15, -0.1) is 0 Å². The molecule has 0 atom stereocenters. The van der Waals surface area contributed by atoms with Crippen molar-refractivity contribution in [2.75, 3.05) is 0 Å². The highest BCUT2D eigenvalue weighted by atomic mass is 16.4. The third-order valence-corrected chi connectivity index (χ3v) is 4.49. The van der Waals surface area contributed by atoms with Crippen LogP contribution in [0, 0.1) is 11.3 Å². The number of benzene rings is 1. The predicted octanol–water partition coefficient (Wildman–Crippen LogP) is 3.31. The molecular weight excluding hydrogens is 354 g/mol. The quantitative estimate of drug-likeness (QED) is 0.579. The molecular formula is C21H15N5O2. The molecule has 0 radical (unpaired) electrons. The van der Waals surface area contributed by atoms with Crippen molar-refractivity contribution < 1.29 is 9.90 Å². The Balaban J connectivity index is 1.57. The van der Waals surface area contributed by atoms with Gasteiger partial charge in [-0.2, -0.15) is 10.4 Å². The van der Waals surface area contributed by atoms with E-state index in [1.165, 1.54) is 18.3 Å². The van der Waals surface area contributed by atoms with Crippen molar-refractivity contribution in [1.82, 2.24) is 19.7 Å². The molecule has 3 heterocycles. The highest BCUT2D eigenvalue weighted by molar-refractivity contribution is 5.89. The summed E-state index contributed by atoms with van der Waals surface area (Å²) in [6.45, 7) is 0.684. The molecule has 3 aromatic heterocycles. The molecule has 0 bridgehead atoms. The van der Waals surface area contributed by atoms with Crippen molar-refractivity contribution in [3.05, 3.63) is 77.7 Å². The van der Waals surface area contributed by atoms with E-state index in [2.05, 4.69) is 21.1 Å². The Morgan fingerprint density at radius 2 is 1.86 bits per heavy atom. The van der Waals surface area contributed by atoms with Gasteiger partial charge in [0.15, 0.2) is 0 Å². The van der Waals surface area contributed by atoms with Gasteiger partial charge in [0.25, 0.3) is 0 Å². The Morgan fingerprint density at radius 3 is 2.61 bits per heavy atom. The third-order valence-electron chi connectivity index (χ3n) is 4.49. The molecule has 4 aromatic rings. The minimum absolute atomic E-state index is 0.171. The summed E-state index contributed by atoms with van der Waals surface area (Å²) in [7, 11) is 0. The Morgan fingerprint density at radius 1 is 1.07 bits per heavy atom. The molecule has 0 saturated heterocycles. The van der Waals surface area contributed by atoms with Crippen LogP contribution in [0.3, 0.4) is 0 Å². The van der Waals surface area contributed by atoms with E-state index >= 15 is 0 Å². The van der Waals surface area contributed by atoms with Crippen LogP contribution in [0.5, 0.6) is 0 Å². The van der Waals surface area contributed by atoms with E-state index in [1.54, 1.807) is 12.4 Å². The molecule has 0 amide bonds. The molecule has 0 aliphatic heterocycles. The number of nitriles is 1. The van der Waals surface area contributed by atoms with E-state index in [4.69, 9.17) is 10.4 Å². The van der Waals surface area contributed by atoms with E-state index in [1.807, 2.05) is 35.0 Å². The molecule has 0 aliphatic carbocycles. The molecule has 0 saturated carbocycles. The van der Waals surface area contributed by atoms with E-state index in [0.29, 0.717) is 23.5 Å². The lowest BCUT2D eigenvalue weighted by atomic mass is 10.1. The lowest BCUT2D eigenvalue weighted by molar-refractivity contribution is 0.0697. The Labute approximate surface area is 160 Å². The van der Waals surface area contributed by atoms with Crippen LogP contribution >= 0.6 is 0 Å². The van der Waals surface area contributed by atoms with Crippen LogP contribution in [0.25, 0.3) is 22.3 Å². The molecule has 0 aliphatic rings. The highest BCUT2D eigenvalue weighted by Gasteiger charge is 2.10. The number of nitrogens with zero attached hydrogens (tertiary/aromatic N) is 5. The first-order chi connectivity index (χ1) is 13.6. The lowest BCUT2D eigenvalue weighted by Gasteiger charge is -2.05. The minimum atomic E-state index is -1.000. The summed E-state index contributed by atoms with van der Waals surface area (Å²) in [6.07, 6.45) is 5.74. The number of pyridine rings is 2. The number of hydrogen-bond donors (Lipinski definition) is 1. The second-order valence-electron chi connectivity index (χ2n) is 6.29. The van der Waals surface area contributed by atoms with Gasteiger partial charge in [-0.05, 0) is 42.3 Å². The van der Waals surface area contributed by atoms with Gasteiger partial charge in [-0.25, -0.2) is 4.79 Å². The van der Waals surface area contributed by atoms with Gasteiger partial charge in [0.2, 0.25) is 0 Å². The maximum Gasteiger partial charge on any atom is 0.335 e. The van der Waals surface area contributed by atoms with Crippen molar-refractivity contribution in [1.29, 1.82) is 5.26 Å². The summed E-state index contributed by atoms with van der Waals surface area (Å²) in [4.78, 5) is 19.8. The van der Waals surface area contributed by atoms with Gasteiger partial charge in [0.1, 0.15) is 0 Å². The number of fused-ring (bicyclic) bond motifs is 1. The summed E-state index contributed by atoms with van der Waals surface area (Å²) in [6, 6.07) is 14.4. The number of rotatable bonds is 5. The Kier molecular flexibility index (Phi) is 4.52. The van der Waals surface area contributed by atoms with E-state index in [9.17, 15) is 4.79 Å². The zero-order chi connectivity index (χ0) is 19.5. The van der Waals surface area contributed by atoms with E-state index in [-0.39, 0.29) is 5.56 Å². The predicted molar refractivity (Wildman–Crippen MR) is 103 cm³/mol. The van der Waals surface area contributed by atoms with Crippen LogP contribution in [-0.4, -0.2) is 30.8 Å². The number of carboxylic acid groups (broad SMARTS) is 1. The van der Waals surface area contributed by atoms with Crippen molar-refractivity contribution in [3.8, 4) is 17.5 Å². The van der Waals surface area contributed by atoms with Crippen LogP contribution in [0.1, 0.15) is 21.5 Å². The van der Waals surface area contributed by atoms with Gasteiger partial charge < -0.3 is 5.11 Å². The van der Waals surface area contributed by atoms with Crippen LogP contribution < -0.4 is 0 Å². The van der Waals surface area contributed by atoms with Crippen LogP contribution in [0.15, 0.2) is 61.1 Å². The molecule has 7 nitrogen and oxygen atoms in total. The summed E-state index contributed by atoms with van der Waals surface area (Å²) in [5.74, 6) is -1.000. The van der Waals surface area contributed by atoms with Gasteiger partial charge in [-0.3, -0.25) is 14.6 Å². The molecule has 1 N–H and O–H groups in total. The topological polar surface area (TPSA) is 105 Å². The first kappa shape index (κ1) is 17.4. The normalized spacial score (nSPS) is 10.7. The second kappa shape index (κ2) is 7.29. The first-order valence-corrected chi connectivity index (χ1v) is 8.64. The summed E-state index contributed by atoms with van der Waals surface area (Å²) >= 11 is 0. The van der Waals surface area contributed by atoms with Crippen LogP contribution in [-0.2, 0) is 13.0 Å². The minimum Gasteiger partial charge on any atom is -0.478 e. The maximum absolute atomic E-state index is 11.1. The monoisotopic (exact) mass is 369 g/mol. The fourth-order valence-corrected chi connectivity index (χ4v) is 2.98. The Hall–Kier alpha value is -4.05. The molecule has 28 heavy (non-hydrogen) atoms. The SMILES string of the molecule is N#Cc1ccc(CCn2ncc3cc(-c4cc(C(=O)O)ccn4)ncc32)cc1. The van der Waals surface area contributed by atoms with E-state index in [0.717, 1.165) is 22.9 Å². The number of aryl methyl sites for hydroxylation is 2. The van der Waals surface area contributed by atoms with E-state index < -0.39 is 5.97 Å². The fourth-order valence-electron chi connectivity index (χ4n) is 2.98. The molecule has 0 spiro atoms. The summed E-state index contributed by atoms with van der Waals surface area (Å²) < 4.78 is 1.88. The molecule has 0 fully saturated rings. The van der Waals surface area contributed by atoms with Crippen molar-refractivity contribution in [2.24, 2.45) is 0 Å². The van der Waals surface area contributed by atoms with Crippen molar-refractivity contribution >= 4 is 16.9 Å². The molecule has 136 valence electrons.